The molecule has 5 fully saturated rings. The minimum Gasteiger partial charge on any atom is -0.410 e. The quantitative estimate of drug-likeness (QED) is 0.0871. The van der Waals surface area contributed by atoms with Gasteiger partial charge in [-0.3, -0.25) is 14.4 Å². The molecule has 4 bridgehead atoms. The maximum atomic E-state index is 14.3. The standard InChI is InChI=1S/C64H68N8O7/c1-34(2)56(69-63(76)78-39-13-7-5-8-14-39)61(74)71-29-11-17-50(71)59-65-33-49(68-59)44-25-24-43(54-45-26-27-46(55(44)54)58(45)73)42-23-22-41(52-37-19-20-38(31-37)53(42)52)36-21-28-47-48(32-36)67-60(66-47)51-18-12-30-72(51)62(75)57(35(3)4)70-64(77)79-40-15-9-6-10-16-40/h5-10,13-16,21-25,28,32-35,37-38,45-46,50-53,56-57H,11-12,17-20,26-27,29-31H2,1-4H3,(H,65,68)(H,66,67)(H,69,76)(H,70,77)/t37?,38?,45?,46?,50-,51-,52?,53?,56-,57-/m0/s1. The Morgan fingerprint density at radius 2 is 1.16 bits per heavy atom. The summed E-state index contributed by atoms with van der Waals surface area (Å²) in [5.74, 6) is 3.42. The van der Waals surface area contributed by atoms with Gasteiger partial charge in [0.25, 0.3) is 0 Å². The van der Waals surface area contributed by atoms with Gasteiger partial charge >= 0.3 is 12.2 Å². The van der Waals surface area contributed by atoms with Crippen molar-refractivity contribution in [1.82, 2.24) is 40.4 Å². The Bertz CT molecular complexity index is 3450. The van der Waals surface area contributed by atoms with Crippen molar-refractivity contribution in [3.05, 3.63) is 143 Å². The van der Waals surface area contributed by atoms with Crippen LogP contribution in [-0.2, 0) is 14.4 Å². The summed E-state index contributed by atoms with van der Waals surface area (Å²) in [5.41, 5.74) is 11.1. The lowest BCUT2D eigenvalue weighted by atomic mass is 9.65. The molecule has 6 aromatic rings. The van der Waals surface area contributed by atoms with E-state index >= 15 is 0 Å². The number of carbonyl (C=O) groups is 5. The lowest BCUT2D eigenvalue weighted by molar-refractivity contribution is -0.136. The van der Waals surface area contributed by atoms with E-state index in [-0.39, 0.29) is 47.6 Å². The minimum absolute atomic E-state index is 0.135. The number of fused-ring (bicyclic) bond motifs is 11. The molecule has 7 aliphatic rings. The summed E-state index contributed by atoms with van der Waals surface area (Å²) in [4.78, 5) is 89.8. The second-order valence-electron chi connectivity index (χ2n) is 23.8. The van der Waals surface area contributed by atoms with Crippen LogP contribution in [0.1, 0.15) is 143 Å². The zero-order valence-corrected chi connectivity index (χ0v) is 45.2. The minimum atomic E-state index is -0.783. The molecule has 13 rings (SSSR count). The first kappa shape index (κ1) is 50.7. The van der Waals surface area contributed by atoms with Crippen molar-refractivity contribution in [3.63, 3.8) is 0 Å². The van der Waals surface area contributed by atoms with Crippen molar-refractivity contribution in [2.24, 2.45) is 35.5 Å². The number of para-hydroxylation sites is 2. The lowest BCUT2D eigenvalue weighted by Crippen LogP contribution is -2.51. The van der Waals surface area contributed by atoms with E-state index in [0.717, 1.165) is 72.2 Å². The summed E-state index contributed by atoms with van der Waals surface area (Å²) < 4.78 is 11.0. The molecule has 0 radical (unpaired) electrons. The van der Waals surface area contributed by atoms with Crippen LogP contribution in [0.4, 0.5) is 9.59 Å². The third-order valence-corrected chi connectivity index (χ3v) is 18.5. The first-order valence-corrected chi connectivity index (χ1v) is 28.7. The third kappa shape index (κ3) is 9.02. The summed E-state index contributed by atoms with van der Waals surface area (Å²) in [6.45, 7) is 8.82. The Labute approximate surface area is 460 Å². The molecule has 2 saturated heterocycles. The average molecular weight is 1060 g/mol. The summed E-state index contributed by atoms with van der Waals surface area (Å²) >= 11 is 0. The van der Waals surface area contributed by atoms with Crippen LogP contribution in [0.25, 0.3) is 33.4 Å². The zero-order chi connectivity index (χ0) is 54.2. The topological polar surface area (TPSA) is 192 Å². The zero-order valence-electron chi connectivity index (χ0n) is 45.2. The number of rotatable bonds is 13. The number of nitrogens with zero attached hydrogens (tertiary/aromatic N) is 4. The number of nitrogens with one attached hydrogen (secondary N) is 4. The van der Waals surface area contributed by atoms with Crippen molar-refractivity contribution in [2.45, 2.75) is 121 Å². The number of aromatic amines is 2. The van der Waals surface area contributed by atoms with Crippen LogP contribution in [0.2, 0.25) is 0 Å². The fraction of sp³-hybridized carbons (Fsp3) is 0.422. The maximum absolute atomic E-state index is 14.3. The number of aromatic nitrogens is 4. The third-order valence-electron chi connectivity index (χ3n) is 18.5. The van der Waals surface area contributed by atoms with E-state index in [2.05, 4.69) is 63.1 Å². The van der Waals surface area contributed by atoms with Crippen molar-refractivity contribution >= 4 is 52.0 Å². The molecule has 4 heterocycles. The largest absolute Gasteiger partial charge is 0.413 e. The van der Waals surface area contributed by atoms with Gasteiger partial charge in [0.05, 0.1) is 35.0 Å². The normalized spacial score (nSPS) is 25.4. The molecule has 406 valence electrons. The van der Waals surface area contributed by atoms with Gasteiger partial charge in [-0.25, -0.2) is 19.6 Å². The monoisotopic (exact) mass is 1060 g/mol. The molecular formula is C64H68N8O7. The molecule has 2 aliphatic heterocycles. The number of hydrogen-bond acceptors (Lipinski definition) is 9. The summed E-state index contributed by atoms with van der Waals surface area (Å²) in [6.07, 6.45) is 13.7. The molecule has 79 heavy (non-hydrogen) atoms. The van der Waals surface area contributed by atoms with Gasteiger partial charge < -0.3 is 39.9 Å². The van der Waals surface area contributed by atoms with E-state index in [1.54, 1.807) is 48.5 Å². The molecule has 4 N–H and O–H groups in total. The molecule has 0 spiro atoms. The molecule has 3 saturated carbocycles. The number of H-pyrrole nitrogens is 2. The number of benzene rings is 4. The summed E-state index contributed by atoms with van der Waals surface area (Å²) in [5, 5.41) is 5.69. The van der Waals surface area contributed by atoms with Gasteiger partial charge in [0.1, 0.15) is 41.0 Å². The number of ketones is 1. The highest BCUT2D eigenvalue weighted by Gasteiger charge is 2.54. The Balaban J connectivity index is 0.766. The number of Topliss-reactive ketones (excluding diaryl/α,β-unsaturated/α-hetero) is 1. The second-order valence-corrected chi connectivity index (χ2v) is 23.8. The fourth-order valence-corrected chi connectivity index (χ4v) is 15.0. The number of amides is 4. The number of hydrogen-bond donors (Lipinski definition) is 4. The van der Waals surface area contributed by atoms with Crippen LogP contribution in [0.15, 0.2) is 109 Å². The number of ether oxygens (including phenoxy) is 2. The van der Waals surface area contributed by atoms with Crippen LogP contribution in [0.3, 0.4) is 0 Å². The van der Waals surface area contributed by atoms with E-state index in [1.165, 1.54) is 47.1 Å². The predicted octanol–water partition coefficient (Wildman–Crippen LogP) is 11.6. The van der Waals surface area contributed by atoms with E-state index in [0.29, 0.717) is 59.9 Å². The first-order chi connectivity index (χ1) is 38.4. The van der Waals surface area contributed by atoms with E-state index in [1.807, 2.05) is 55.8 Å². The molecule has 6 unspecified atom stereocenters. The van der Waals surface area contributed by atoms with Crippen molar-refractivity contribution in [2.75, 3.05) is 13.1 Å². The first-order valence-electron chi connectivity index (χ1n) is 28.7. The van der Waals surface area contributed by atoms with Crippen molar-refractivity contribution in [1.29, 1.82) is 0 Å². The number of imidazole rings is 2. The van der Waals surface area contributed by atoms with Gasteiger partial charge in [0, 0.05) is 30.5 Å². The number of likely N-dealkylation sites (tertiary alicyclic amines) is 2. The molecule has 4 aromatic carbocycles. The van der Waals surface area contributed by atoms with E-state index < -0.39 is 24.3 Å². The van der Waals surface area contributed by atoms with Gasteiger partial charge in [-0.05, 0) is 163 Å². The van der Waals surface area contributed by atoms with E-state index in [9.17, 15) is 24.0 Å². The van der Waals surface area contributed by atoms with Crippen LogP contribution >= 0.6 is 0 Å². The Morgan fingerprint density at radius 1 is 0.620 bits per heavy atom. The Morgan fingerprint density at radius 3 is 1.76 bits per heavy atom. The van der Waals surface area contributed by atoms with Crippen LogP contribution in [0, 0.1) is 35.5 Å². The van der Waals surface area contributed by atoms with Crippen LogP contribution in [0.5, 0.6) is 11.5 Å². The highest BCUT2D eigenvalue weighted by molar-refractivity contribution is 6.03. The highest BCUT2D eigenvalue weighted by atomic mass is 16.6. The molecule has 15 nitrogen and oxygen atoms in total. The van der Waals surface area contributed by atoms with Crippen LogP contribution in [-0.4, -0.2) is 84.7 Å². The summed E-state index contributed by atoms with van der Waals surface area (Å²) in [7, 11) is 0. The van der Waals surface area contributed by atoms with Crippen molar-refractivity contribution < 1.29 is 33.4 Å². The van der Waals surface area contributed by atoms with Gasteiger partial charge in [-0.2, -0.15) is 0 Å². The van der Waals surface area contributed by atoms with Gasteiger partial charge in [-0.15, -0.1) is 0 Å². The molecule has 5 aliphatic carbocycles. The molecule has 4 amide bonds. The molecule has 2 aromatic heterocycles. The molecular weight excluding hydrogens is 993 g/mol. The number of carbonyl (C=O) groups excluding carboxylic acids is 5. The Kier molecular flexibility index (Phi) is 13.1. The fourth-order valence-electron chi connectivity index (χ4n) is 15.0. The smallest absolute Gasteiger partial charge is 0.410 e. The Hall–Kier alpha value is -7.81. The van der Waals surface area contributed by atoms with Gasteiger partial charge in [0.15, 0.2) is 0 Å². The average Bonchev–Trinajstić information content (AvgIpc) is 4.49. The second kappa shape index (κ2) is 20.4. The van der Waals surface area contributed by atoms with Crippen LogP contribution < -0.4 is 20.1 Å². The maximum Gasteiger partial charge on any atom is 0.413 e. The SMILES string of the molecule is CC(C)[C@H](NC(=O)Oc1ccccc1)C(=O)N1CCC[C@H]1c1ncc(-c2ccc(C3=CC=C(c4ccc5nc([C@@H]6CCCN6C(=O)[C@@H](NC(=O)Oc6ccccc6)C(C)C)[nH]c5c4)C4C5CCC(C5)C34)c3c2C2CCC3C2=O)[nH]1. The lowest BCUT2D eigenvalue weighted by Gasteiger charge is -2.38. The van der Waals surface area contributed by atoms with Gasteiger partial charge in [-0.1, -0.05) is 94.4 Å². The highest BCUT2D eigenvalue weighted by Crippen LogP contribution is 2.64. The number of allylic oxidation sites excluding steroid dienone is 4. The summed E-state index contributed by atoms with van der Waals surface area (Å²) in [6, 6.07) is 26.6. The molecule has 10 atom stereocenters. The van der Waals surface area contributed by atoms with Crippen molar-refractivity contribution in [3.8, 4) is 22.8 Å². The van der Waals surface area contributed by atoms with Gasteiger partial charge in [0.2, 0.25) is 11.8 Å². The van der Waals surface area contributed by atoms with E-state index in [4.69, 9.17) is 19.4 Å². The molecule has 15 heteroatoms. The predicted molar refractivity (Wildman–Crippen MR) is 299 cm³/mol.